The number of rotatable bonds is 5. The van der Waals surface area contributed by atoms with Crippen molar-refractivity contribution in [1.82, 2.24) is 4.90 Å². The van der Waals surface area contributed by atoms with Crippen molar-refractivity contribution in [2.75, 3.05) is 39.5 Å². The summed E-state index contributed by atoms with van der Waals surface area (Å²) in [6, 6.07) is 0. The first-order valence-electron chi connectivity index (χ1n) is 5.08. The monoisotopic (exact) mass is 259 g/mol. The van der Waals surface area contributed by atoms with Crippen LogP contribution in [-0.2, 0) is 14.3 Å². The van der Waals surface area contributed by atoms with Crippen LogP contribution in [0.2, 0.25) is 0 Å². The Labute approximate surface area is 95.5 Å². The van der Waals surface area contributed by atoms with Gasteiger partial charge in [0.05, 0.1) is 13.2 Å². The number of ether oxygens (including phenoxy) is 2. The van der Waals surface area contributed by atoms with Gasteiger partial charge in [0.25, 0.3) is 0 Å². The minimum Gasteiger partial charge on any atom is -0.460 e. The first-order chi connectivity index (χ1) is 7.94. The lowest BCUT2D eigenvalue weighted by Gasteiger charge is -2.26. The van der Waals surface area contributed by atoms with Crippen LogP contribution in [0.25, 0.3) is 0 Å². The molecule has 0 unspecified atom stereocenters. The molecule has 0 aliphatic carbocycles. The van der Waals surface area contributed by atoms with Gasteiger partial charge < -0.3 is 9.47 Å². The van der Waals surface area contributed by atoms with Crippen LogP contribution in [0.15, 0.2) is 0 Å². The molecule has 100 valence electrons. The molecule has 0 saturated carbocycles. The summed E-state index contributed by atoms with van der Waals surface area (Å²) in [5, 5.41) is 0. The first kappa shape index (κ1) is 14.2. The van der Waals surface area contributed by atoms with Crippen molar-refractivity contribution in [3.63, 3.8) is 0 Å². The topological polar surface area (TPSA) is 38.8 Å². The fourth-order valence-electron chi connectivity index (χ4n) is 1.28. The molecule has 0 aromatic heterocycles. The third kappa shape index (κ3) is 4.12. The zero-order valence-electron chi connectivity index (χ0n) is 9.00. The number of halogens is 4. The second-order valence-electron chi connectivity index (χ2n) is 3.51. The maximum Gasteiger partial charge on any atom is 0.401 e. The van der Waals surface area contributed by atoms with Gasteiger partial charge in [-0.15, -0.1) is 0 Å². The van der Waals surface area contributed by atoms with Crippen LogP contribution in [0, 0.1) is 0 Å². The third-order valence-electron chi connectivity index (χ3n) is 2.29. The summed E-state index contributed by atoms with van der Waals surface area (Å²) in [5.41, 5.74) is 0. The number of hydrogen-bond acceptors (Lipinski definition) is 4. The number of alkyl halides is 4. The Hall–Kier alpha value is -0.890. The van der Waals surface area contributed by atoms with Crippen molar-refractivity contribution in [2.24, 2.45) is 0 Å². The quantitative estimate of drug-likeness (QED) is 0.540. The predicted octanol–water partition coefficient (Wildman–Crippen LogP) is 0.762. The fourth-order valence-corrected chi connectivity index (χ4v) is 1.28. The lowest BCUT2D eigenvalue weighted by molar-refractivity contribution is -0.194. The minimum absolute atomic E-state index is 0.231. The molecule has 1 aliphatic heterocycles. The lowest BCUT2D eigenvalue weighted by Crippen LogP contribution is -2.41. The zero-order valence-corrected chi connectivity index (χ0v) is 9.00. The summed E-state index contributed by atoms with van der Waals surface area (Å²) < 4.78 is 57.6. The van der Waals surface area contributed by atoms with E-state index >= 15 is 0 Å². The van der Waals surface area contributed by atoms with Gasteiger partial charge in [0.15, 0.2) is 0 Å². The molecule has 0 bridgehead atoms. The summed E-state index contributed by atoms with van der Waals surface area (Å²) in [6.07, 6.45) is -4.04. The summed E-state index contributed by atoms with van der Waals surface area (Å²) in [5.74, 6) is -6.91. The molecule has 1 saturated heterocycles. The van der Waals surface area contributed by atoms with Crippen LogP contribution in [0.4, 0.5) is 17.6 Å². The van der Waals surface area contributed by atoms with Crippen molar-refractivity contribution in [2.45, 2.75) is 12.3 Å². The fraction of sp³-hybridized carbons (Fsp3) is 0.889. The Balaban J connectivity index is 2.23. The van der Waals surface area contributed by atoms with E-state index in [9.17, 15) is 22.4 Å². The molecule has 0 aromatic rings. The van der Waals surface area contributed by atoms with Gasteiger partial charge in [-0.1, -0.05) is 0 Å². The molecule has 1 aliphatic rings. The SMILES string of the molecule is O=C(OCCN1CCOCC1)C(F)(F)C(F)F. The molecule has 0 atom stereocenters. The van der Waals surface area contributed by atoms with Crippen molar-refractivity contribution < 1.29 is 31.8 Å². The molecule has 0 amide bonds. The summed E-state index contributed by atoms with van der Waals surface area (Å²) in [4.78, 5) is 12.5. The molecule has 4 nitrogen and oxygen atoms in total. The van der Waals surface area contributed by atoms with Gasteiger partial charge in [0.2, 0.25) is 0 Å². The van der Waals surface area contributed by atoms with E-state index in [1.54, 1.807) is 0 Å². The molecule has 1 rings (SSSR count). The largest absolute Gasteiger partial charge is 0.460 e. The number of nitrogens with zero attached hydrogens (tertiary/aromatic N) is 1. The average Bonchev–Trinajstić information content (AvgIpc) is 2.30. The van der Waals surface area contributed by atoms with E-state index in [0.29, 0.717) is 26.3 Å². The van der Waals surface area contributed by atoms with Gasteiger partial charge in [-0.2, -0.15) is 8.78 Å². The number of morpholine rings is 1. The first-order valence-corrected chi connectivity index (χ1v) is 5.08. The highest BCUT2D eigenvalue weighted by Gasteiger charge is 2.50. The Bertz CT molecular complexity index is 257. The standard InChI is InChI=1S/C9H13F4NO3/c10-7(11)9(12,13)8(15)17-6-3-14-1-4-16-5-2-14/h7H,1-6H2. The Kier molecular flexibility index (Phi) is 5.13. The van der Waals surface area contributed by atoms with Gasteiger partial charge >= 0.3 is 18.3 Å². The second-order valence-corrected chi connectivity index (χ2v) is 3.51. The number of carbonyl (C=O) groups is 1. The van der Waals surface area contributed by atoms with Gasteiger partial charge in [-0.3, -0.25) is 4.90 Å². The van der Waals surface area contributed by atoms with Crippen molar-refractivity contribution in [1.29, 1.82) is 0 Å². The highest BCUT2D eigenvalue weighted by atomic mass is 19.3. The van der Waals surface area contributed by atoms with E-state index < -0.39 is 18.3 Å². The maximum absolute atomic E-state index is 12.4. The van der Waals surface area contributed by atoms with E-state index in [4.69, 9.17) is 4.74 Å². The molecule has 0 radical (unpaired) electrons. The minimum atomic E-state index is -4.73. The molecular formula is C9H13F4NO3. The number of carbonyl (C=O) groups excluding carboxylic acids is 1. The smallest absolute Gasteiger partial charge is 0.401 e. The van der Waals surface area contributed by atoms with Crippen LogP contribution >= 0.6 is 0 Å². The molecular weight excluding hydrogens is 246 g/mol. The second kappa shape index (κ2) is 6.15. The molecule has 17 heavy (non-hydrogen) atoms. The Morgan fingerprint density at radius 3 is 2.47 bits per heavy atom. The van der Waals surface area contributed by atoms with Crippen LogP contribution in [-0.4, -0.2) is 62.7 Å². The molecule has 8 heteroatoms. The van der Waals surface area contributed by atoms with E-state index in [1.807, 2.05) is 4.90 Å². The summed E-state index contributed by atoms with van der Waals surface area (Å²) in [6.45, 7) is 2.13. The van der Waals surface area contributed by atoms with Crippen LogP contribution in [0.5, 0.6) is 0 Å². The van der Waals surface area contributed by atoms with Crippen LogP contribution < -0.4 is 0 Å². The molecule has 1 fully saturated rings. The van der Waals surface area contributed by atoms with Gasteiger partial charge in [-0.25, -0.2) is 13.6 Å². The van der Waals surface area contributed by atoms with Gasteiger partial charge in [0, 0.05) is 19.6 Å². The normalized spacial score (nSPS) is 18.4. The predicted molar refractivity (Wildman–Crippen MR) is 49.2 cm³/mol. The number of hydrogen-bond donors (Lipinski definition) is 0. The highest BCUT2D eigenvalue weighted by molar-refractivity contribution is 5.78. The molecule has 0 N–H and O–H groups in total. The van der Waals surface area contributed by atoms with Crippen molar-refractivity contribution >= 4 is 5.97 Å². The van der Waals surface area contributed by atoms with E-state index in [-0.39, 0.29) is 13.2 Å². The van der Waals surface area contributed by atoms with E-state index in [1.165, 1.54) is 0 Å². The van der Waals surface area contributed by atoms with Crippen LogP contribution in [0.3, 0.4) is 0 Å². The lowest BCUT2D eigenvalue weighted by atomic mass is 10.3. The van der Waals surface area contributed by atoms with Gasteiger partial charge in [-0.05, 0) is 0 Å². The molecule has 1 heterocycles. The summed E-state index contributed by atoms with van der Waals surface area (Å²) >= 11 is 0. The zero-order chi connectivity index (χ0) is 12.9. The molecule has 0 aromatic carbocycles. The van der Waals surface area contributed by atoms with E-state index in [2.05, 4.69) is 4.74 Å². The van der Waals surface area contributed by atoms with E-state index in [0.717, 1.165) is 0 Å². The Morgan fingerprint density at radius 1 is 1.35 bits per heavy atom. The maximum atomic E-state index is 12.4. The van der Waals surface area contributed by atoms with Crippen LogP contribution in [0.1, 0.15) is 0 Å². The third-order valence-corrected chi connectivity index (χ3v) is 2.29. The summed E-state index contributed by atoms with van der Waals surface area (Å²) in [7, 11) is 0. The average molecular weight is 259 g/mol. The highest BCUT2D eigenvalue weighted by Crippen LogP contribution is 2.24. The number of esters is 1. The van der Waals surface area contributed by atoms with Crippen molar-refractivity contribution in [3.05, 3.63) is 0 Å². The molecule has 0 spiro atoms. The van der Waals surface area contributed by atoms with Gasteiger partial charge in [0.1, 0.15) is 6.61 Å². The Morgan fingerprint density at radius 2 is 1.94 bits per heavy atom. The van der Waals surface area contributed by atoms with Crippen molar-refractivity contribution in [3.8, 4) is 0 Å².